The van der Waals surface area contributed by atoms with E-state index in [0.29, 0.717) is 40.5 Å². The van der Waals surface area contributed by atoms with Crippen molar-refractivity contribution in [2.75, 3.05) is 18.3 Å². The van der Waals surface area contributed by atoms with Crippen LogP contribution in [0.4, 0.5) is 5.69 Å². The lowest BCUT2D eigenvalue weighted by Gasteiger charge is -2.34. The summed E-state index contributed by atoms with van der Waals surface area (Å²) in [4.78, 5) is 42.9. The fraction of sp³-hybridized carbons (Fsp3) is 0.323. The maximum atomic E-state index is 14.4. The largest absolute Gasteiger partial charge is 0.494 e. The summed E-state index contributed by atoms with van der Waals surface area (Å²) < 4.78 is 18.2. The highest BCUT2D eigenvalue weighted by Gasteiger charge is 2.37. The summed E-state index contributed by atoms with van der Waals surface area (Å²) in [6.45, 7) is 9.05. The summed E-state index contributed by atoms with van der Waals surface area (Å²) in [6, 6.07) is 16.2. The van der Waals surface area contributed by atoms with Crippen LogP contribution in [0.15, 0.2) is 60.7 Å². The van der Waals surface area contributed by atoms with E-state index >= 15 is 0 Å². The third-order valence-electron chi connectivity index (χ3n) is 6.62. The Balaban J connectivity index is 1.69. The Morgan fingerprint density at radius 3 is 2.40 bits per heavy atom. The summed E-state index contributed by atoms with van der Waals surface area (Å²) in [5, 5.41) is 11.4. The number of fused-ring (bicyclic) bond motifs is 2. The number of aromatic nitrogens is 3. The fourth-order valence-corrected chi connectivity index (χ4v) is 4.84. The quantitative estimate of drug-likeness (QED) is 0.292. The van der Waals surface area contributed by atoms with Crippen molar-refractivity contribution in [1.82, 2.24) is 20.3 Å². The molecule has 2 heterocycles. The number of nitrogens with one attached hydrogen (secondary N) is 1. The van der Waals surface area contributed by atoms with Gasteiger partial charge in [0.1, 0.15) is 23.9 Å². The van der Waals surface area contributed by atoms with Crippen molar-refractivity contribution >= 4 is 34.3 Å². The molecule has 11 nitrogen and oxygen atoms in total. The summed E-state index contributed by atoms with van der Waals surface area (Å²) in [5.74, 6) is 0.131. The van der Waals surface area contributed by atoms with E-state index in [1.165, 1.54) is 16.5 Å². The number of carbonyl (C=O) groups is 3. The molecule has 1 aromatic heterocycles. The summed E-state index contributed by atoms with van der Waals surface area (Å²) in [5.41, 5.74) is 1.59. The second-order valence-corrected chi connectivity index (χ2v) is 10.9. The minimum Gasteiger partial charge on any atom is -0.494 e. The zero-order valence-corrected chi connectivity index (χ0v) is 24.2. The first-order valence-electron chi connectivity index (χ1n) is 13.7. The second-order valence-electron chi connectivity index (χ2n) is 10.9. The number of amides is 2. The van der Waals surface area contributed by atoms with Crippen molar-refractivity contribution in [3.63, 3.8) is 0 Å². The topological polar surface area (TPSA) is 125 Å². The maximum absolute atomic E-state index is 14.4. The van der Waals surface area contributed by atoms with Gasteiger partial charge in [0, 0.05) is 17.2 Å². The highest BCUT2D eigenvalue weighted by Crippen LogP contribution is 2.41. The molecule has 42 heavy (non-hydrogen) atoms. The van der Waals surface area contributed by atoms with E-state index in [0.717, 1.165) is 0 Å². The van der Waals surface area contributed by atoms with Gasteiger partial charge in [0.05, 0.1) is 17.8 Å². The molecule has 1 aliphatic rings. The predicted molar refractivity (Wildman–Crippen MR) is 156 cm³/mol. The summed E-state index contributed by atoms with van der Waals surface area (Å²) in [7, 11) is 0. The van der Waals surface area contributed by atoms with Gasteiger partial charge in [0.15, 0.2) is 17.3 Å². The van der Waals surface area contributed by atoms with Crippen LogP contribution in [0.1, 0.15) is 56.6 Å². The first kappa shape index (κ1) is 28.6. The van der Waals surface area contributed by atoms with Gasteiger partial charge in [-0.3, -0.25) is 19.3 Å². The molecule has 0 bridgehead atoms. The van der Waals surface area contributed by atoms with Crippen LogP contribution in [0.3, 0.4) is 0 Å². The lowest BCUT2D eigenvalue weighted by molar-refractivity contribution is -0.128. The van der Waals surface area contributed by atoms with Gasteiger partial charge in [-0.25, -0.2) is 4.68 Å². The molecule has 2 amide bonds. The van der Waals surface area contributed by atoms with Gasteiger partial charge in [0.25, 0.3) is 0 Å². The van der Waals surface area contributed by atoms with Gasteiger partial charge >= 0.3 is 0 Å². The minimum absolute atomic E-state index is 0.0259. The average Bonchev–Trinajstić information content (AvgIpc) is 3.57. The standard InChI is InChI=1S/C31H33N5O6/c1-6-40-21-13-11-20(12-14-21)29(30(39)32-31(3,4)5)36(25-16-27-26(41-18-42-27)15-22(25)19(2)37)28(38)17-35-24-10-8-7-9-23(24)33-34-35/h7-16,29H,6,17-18H2,1-5H3,(H,32,39). The number of Topliss-reactive ketones (excluding diaryl/α,β-unsaturated/α-hetero) is 1. The first-order valence-corrected chi connectivity index (χ1v) is 13.7. The van der Waals surface area contributed by atoms with Crippen LogP contribution in [0.25, 0.3) is 11.0 Å². The van der Waals surface area contributed by atoms with Crippen molar-refractivity contribution in [2.24, 2.45) is 0 Å². The molecule has 3 aromatic carbocycles. The minimum atomic E-state index is -1.17. The zero-order chi connectivity index (χ0) is 30.0. The van der Waals surface area contributed by atoms with E-state index in [2.05, 4.69) is 15.6 Å². The first-order chi connectivity index (χ1) is 20.1. The lowest BCUT2D eigenvalue weighted by Crippen LogP contribution is -2.50. The number of benzene rings is 3. The molecular formula is C31H33N5O6. The zero-order valence-electron chi connectivity index (χ0n) is 24.2. The Hall–Kier alpha value is -4.93. The average molecular weight is 572 g/mol. The molecule has 1 aliphatic heterocycles. The number of anilines is 1. The molecule has 5 rings (SSSR count). The van der Waals surface area contributed by atoms with Gasteiger partial charge in [-0.05, 0) is 70.5 Å². The van der Waals surface area contributed by atoms with Crippen molar-refractivity contribution in [3.8, 4) is 17.2 Å². The number of carbonyl (C=O) groups excluding carboxylic acids is 3. The summed E-state index contributed by atoms with van der Waals surface area (Å²) in [6.07, 6.45) is 0. The third kappa shape index (κ3) is 5.90. The molecule has 4 aromatic rings. The molecule has 0 radical (unpaired) electrons. The molecule has 1 atom stereocenters. The summed E-state index contributed by atoms with van der Waals surface area (Å²) >= 11 is 0. The smallest absolute Gasteiger partial charge is 0.249 e. The van der Waals surface area contributed by atoms with E-state index in [9.17, 15) is 14.4 Å². The second kappa shape index (κ2) is 11.5. The third-order valence-corrected chi connectivity index (χ3v) is 6.62. The van der Waals surface area contributed by atoms with E-state index in [1.54, 1.807) is 42.5 Å². The van der Waals surface area contributed by atoms with Gasteiger partial charge < -0.3 is 19.5 Å². The van der Waals surface area contributed by atoms with Crippen LogP contribution in [-0.4, -0.2) is 51.5 Å². The van der Waals surface area contributed by atoms with Gasteiger partial charge in [-0.1, -0.05) is 29.5 Å². The lowest BCUT2D eigenvalue weighted by atomic mass is 9.98. The Bertz CT molecular complexity index is 1640. The highest BCUT2D eigenvalue weighted by atomic mass is 16.7. The van der Waals surface area contributed by atoms with E-state index < -0.39 is 23.4 Å². The maximum Gasteiger partial charge on any atom is 0.249 e. The van der Waals surface area contributed by atoms with Gasteiger partial charge in [0.2, 0.25) is 18.6 Å². The molecule has 0 saturated heterocycles. The molecular weight excluding hydrogens is 538 g/mol. The van der Waals surface area contributed by atoms with Gasteiger partial charge in [-0.15, -0.1) is 5.10 Å². The Labute approximate surface area is 243 Å². The Morgan fingerprint density at radius 1 is 1.05 bits per heavy atom. The monoisotopic (exact) mass is 571 g/mol. The van der Waals surface area contributed by atoms with Crippen LogP contribution >= 0.6 is 0 Å². The number of ketones is 1. The molecule has 11 heteroatoms. The van der Waals surface area contributed by atoms with Crippen molar-refractivity contribution in [3.05, 3.63) is 71.8 Å². The number of para-hydroxylation sites is 1. The van der Waals surface area contributed by atoms with Crippen LogP contribution in [0.2, 0.25) is 0 Å². The number of hydrogen-bond acceptors (Lipinski definition) is 8. The molecule has 1 N–H and O–H groups in total. The van der Waals surface area contributed by atoms with Crippen LogP contribution in [-0.2, 0) is 16.1 Å². The van der Waals surface area contributed by atoms with Crippen LogP contribution < -0.4 is 24.4 Å². The Kier molecular flexibility index (Phi) is 7.84. The van der Waals surface area contributed by atoms with E-state index in [1.807, 2.05) is 45.9 Å². The Morgan fingerprint density at radius 2 is 1.74 bits per heavy atom. The normalized spacial score (nSPS) is 13.1. The van der Waals surface area contributed by atoms with Crippen molar-refractivity contribution in [1.29, 1.82) is 0 Å². The highest BCUT2D eigenvalue weighted by molar-refractivity contribution is 6.08. The predicted octanol–water partition coefficient (Wildman–Crippen LogP) is 4.45. The number of rotatable bonds is 9. The number of ether oxygens (including phenoxy) is 3. The fourth-order valence-electron chi connectivity index (χ4n) is 4.84. The van der Waals surface area contributed by atoms with Crippen LogP contribution in [0.5, 0.6) is 17.2 Å². The molecule has 218 valence electrons. The van der Waals surface area contributed by atoms with Crippen molar-refractivity contribution in [2.45, 2.75) is 52.7 Å². The number of nitrogens with zero attached hydrogens (tertiary/aromatic N) is 4. The van der Waals surface area contributed by atoms with E-state index in [4.69, 9.17) is 14.2 Å². The molecule has 1 unspecified atom stereocenters. The molecule has 0 spiro atoms. The molecule has 0 fully saturated rings. The van der Waals surface area contributed by atoms with Gasteiger partial charge in [-0.2, -0.15) is 0 Å². The number of hydrogen-bond donors (Lipinski definition) is 1. The van der Waals surface area contributed by atoms with Crippen LogP contribution in [0, 0.1) is 0 Å². The SMILES string of the molecule is CCOc1ccc(C(C(=O)NC(C)(C)C)N(C(=O)Cn2nnc3ccccc32)c2cc3c(cc2C(C)=O)OCO3)cc1. The van der Waals surface area contributed by atoms with Crippen molar-refractivity contribution < 1.29 is 28.6 Å². The molecule has 0 saturated carbocycles. The molecule has 0 aliphatic carbocycles. The van der Waals surface area contributed by atoms with E-state index in [-0.39, 0.29) is 30.4 Å².